The molecule has 0 saturated heterocycles. The Hall–Kier alpha value is -2.34. The predicted octanol–water partition coefficient (Wildman–Crippen LogP) is 2.29. The van der Waals surface area contributed by atoms with Gasteiger partial charge in [0.2, 0.25) is 0 Å². The summed E-state index contributed by atoms with van der Waals surface area (Å²) in [5.74, 6) is 0. The largest absolute Gasteiger partial charge is 0.385 e. The normalized spacial score (nSPS) is 10.7. The summed E-state index contributed by atoms with van der Waals surface area (Å²) in [5.41, 5.74) is 1.66. The Labute approximate surface area is 126 Å². The third-order valence-electron chi connectivity index (χ3n) is 3.22. The Morgan fingerprint density at radius 3 is 2.67 bits per heavy atom. The lowest BCUT2D eigenvalue weighted by Crippen LogP contribution is -2.21. The van der Waals surface area contributed by atoms with Crippen LogP contribution < -0.4 is 11.0 Å². The van der Waals surface area contributed by atoms with Gasteiger partial charge in [-0.25, -0.2) is 4.79 Å². The first-order valence-corrected chi connectivity index (χ1v) is 7.59. The highest BCUT2D eigenvalue weighted by Gasteiger charge is 2.04. The molecule has 0 unspecified atom stereocenters. The van der Waals surface area contributed by atoms with Crippen molar-refractivity contribution in [2.24, 2.45) is 7.05 Å². The molecule has 0 amide bonds. The number of hydrogen-bond acceptors (Lipinski definition) is 4. The molecule has 21 heavy (non-hydrogen) atoms. The lowest BCUT2D eigenvalue weighted by atomic mass is 10.2. The molecule has 6 heteroatoms. The van der Waals surface area contributed by atoms with Crippen LogP contribution in [0.15, 0.2) is 52.9 Å². The molecule has 0 bridgehead atoms. The molecule has 0 fully saturated rings. The average molecular weight is 300 g/mol. The van der Waals surface area contributed by atoms with Gasteiger partial charge in [-0.3, -0.25) is 4.57 Å². The molecule has 0 radical (unpaired) electrons. The van der Waals surface area contributed by atoms with Crippen LogP contribution in [0.5, 0.6) is 0 Å². The van der Waals surface area contributed by atoms with Gasteiger partial charge >= 0.3 is 5.69 Å². The van der Waals surface area contributed by atoms with E-state index in [0.29, 0.717) is 0 Å². The molecule has 1 aromatic carbocycles. The summed E-state index contributed by atoms with van der Waals surface area (Å²) in [4.78, 5) is 13.2. The number of aryl methyl sites for hydroxylation is 1. The summed E-state index contributed by atoms with van der Waals surface area (Å²) in [6.45, 7) is 0.892. The van der Waals surface area contributed by atoms with Crippen molar-refractivity contribution in [2.75, 3.05) is 11.9 Å². The minimum atomic E-state index is -0.145. The fourth-order valence-electron chi connectivity index (χ4n) is 2.06. The maximum atomic E-state index is 11.8. The predicted molar refractivity (Wildman–Crippen MR) is 85.3 cm³/mol. The van der Waals surface area contributed by atoms with E-state index in [1.807, 2.05) is 24.3 Å². The van der Waals surface area contributed by atoms with Crippen molar-refractivity contribution < 1.29 is 0 Å². The zero-order valence-corrected chi connectivity index (χ0v) is 12.5. The van der Waals surface area contributed by atoms with Gasteiger partial charge in [-0.1, -0.05) is 6.07 Å². The molecule has 0 atom stereocenters. The minimum absolute atomic E-state index is 0.145. The number of benzene rings is 1. The van der Waals surface area contributed by atoms with Gasteiger partial charge in [-0.2, -0.15) is 9.78 Å². The zero-order valence-electron chi connectivity index (χ0n) is 11.7. The number of hydrogen-bond donors (Lipinski definition) is 1. The molecule has 2 heterocycles. The molecule has 0 aliphatic heterocycles. The summed E-state index contributed by atoms with van der Waals surface area (Å²) in [6, 6.07) is 11.9. The standard InChI is InChI=1S/C15H16N4OS/c1-18-11-17-19(15(18)20)13-6-4-12(5-7-13)16-9-8-14-3-2-10-21-14/h2-7,10-11,16H,8-9H2,1H3. The van der Waals surface area contributed by atoms with Gasteiger partial charge in [0.1, 0.15) is 6.33 Å². The topological polar surface area (TPSA) is 51.9 Å². The van der Waals surface area contributed by atoms with Crippen molar-refractivity contribution in [3.8, 4) is 5.69 Å². The van der Waals surface area contributed by atoms with Gasteiger partial charge in [-0.05, 0) is 42.1 Å². The average Bonchev–Trinajstić information content (AvgIpc) is 3.12. The SMILES string of the molecule is Cn1cnn(-c2ccc(NCCc3cccs3)cc2)c1=O. The summed E-state index contributed by atoms with van der Waals surface area (Å²) >= 11 is 1.77. The Balaban J connectivity index is 1.64. The van der Waals surface area contributed by atoms with Crippen molar-refractivity contribution in [1.82, 2.24) is 14.3 Å². The van der Waals surface area contributed by atoms with E-state index >= 15 is 0 Å². The summed E-state index contributed by atoms with van der Waals surface area (Å²) in [6.07, 6.45) is 2.52. The molecule has 2 aromatic heterocycles. The second-order valence-electron chi connectivity index (χ2n) is 4.74. The molecule has 5 nitrogen and oxygen atoms in total. The Morgan fingerprint density at radius 2 is 2.05 bits per heavy atom. The third-order valence-corrected chi connectivity index (χ3v) is 4.15. The van der Waals surface area contributed by atoms with Gasteiger partial charge < -0.3 is 5.32 Å². The van der Waals surface area contributed by atoms with E-state index in [4.69, 9.17) is 0 Å². The Morgan fingerprint density at radius 1 is 1.24 bits per heavy atom. The number of anilines is 1. The van der Waals surface area contributed by atoms with Crippen LogP contribution in [0.25, 0.3) is 5.69 Å². The highest BCUT2D eigenvalue weighted by Crippen LogP contribution is 2.13. The number of aromatic nitrogens is 3. The molecule has 0 spiro atoms. The van der Waals surface area contributed by atoms with Crippen LogP contribution in [-0.2, 0) is 13.5 Å². The molecule has 0 aliphatic carbocycles. The smallest absolute Gasteiger partial charge is 0.350 e. The quantitative estimate of drug-likeness (QED) is 0.786. The van der Waals surface area contributed by atoms with Crippen LogP contribution in [0.2, 0.25) is 0 Å². The van der Waals surface area contributed by atoms with Crippen molar-refractivity contribution >= 4 is 17.0 Å². The molecule has 0 saturated carbocycles. The molecule has 3 rings (SSSR count). The van der Waals surface area contributed by atoms with Crippen LogP contribution in [0.3, 0.4) is 0 Å². The van der Waals surface area contributed by atoms with Crippen molar-refractivity contribution in [1.29, 1.82) is 0 Å². The minimum Gasteiger partial charge on any atom is -0.385 e. The van der Waals surface area contributed by atoms with Gasteiger partial charge in [0.05, 0.1) is 5.69 Å². The lowest BCUT2D eigenvalue weighted by Gasteiger charge is -2.06. The van der Waals surface area contributed by atoms with Gasteiger partial charge in [0, 0.05) is 24.2 Å². The maximum absolute atomic E-state index is 11.8. The van der Waals surface area contributed by atoms with Gasteiger partial charge in [-0.15, -0.1) is 11.3 Å². The lowest BCUT2D eigenvalue weighted by molar-refractivity contribution is 0.799. The van der Waals surface area contributed by atoms with Crippen LogP contribution in [0.4, 0.5) is 5.69 Å². The van der Waals surface area contributed by atoms with E-state index < -0.39 is 0 Å². The summed E-state index contributed by atoms with van der Waals surface area (Å²) < 4.78 is 2.84. The number of rotatable bonds is 5. The van der Waals surface area contributed by atoms with Gasteiger partial charge in [0.25, 0.3) is 0 Å². The number of nitrogens with one attached hydrogen (secondary N) is 1. The summed E-state index contributed by atoms with van der Waals surface area (Å²) in [5, 5.41) is 9.53. The van der Waals surface area contributed by atoms with Gasteiger partial charge in [0.15, 0.2) is 0 Å². The third kappa shape index (κ3) is 3.05. The molecular formula is C15H16N4OS. The second kappa shape index (κ2) is 5.97. The van der Waals surface area contributed by atoms with Crippen LogP contribution in [0, 0.1) is 0 Å². The Bertz CT molecular complexity index is 756. The summed E-state index contributed by atoms with van der Waals surface area (Å²) in [7, 11) is 1.69. The molecule has 3 aromatic rings. The van der Waals surface area contributed by atoms with E-state index in [1.165, 1.54) is 20.5 Å². The first kappa shape index (κ1) is 13.6. The molecule has 0 aliphatic rings. The fourth-order valence-corrected chi connectivity index (χ4v) is 2.77. The molecule has 108 valence electrons. The zero-order chi connectivity index (χ0) is 14.7. The number of nitrogens with zero attached hydrogens (tertiary/aromatic N) is 3. The maximum Gasteiger partial charge on any atom is 0.350 e. The second-order valence-corrected chi connectivity index (χ2v) is 5.77. The van der Waals surface area contributed by atoms with Crippen LogP contribution >= 0.6 is 11.3 Å². The highest BCUT2D eigenvalue weighted by molar-refractivity contribution is 7.09. The molecule has 1 N–H and O–H groups in total. The first-order chi connectivity index (χ1) is 10.2. The monoisotopic (exact) mass is 300 g/mol. The Kier molecular flexibility index (Phi) is 3.87. The van der Waals surface area contributed by atoms with E-state index in [9.17, 15) is 4.79 Å². The van der Waals surface area contributed by atoms with Crippen molar-refractivity contribution in [3.05, 3.63) is 63.5 Å². The van der Waals surface area contributed by atoms with Crippen molar-refractivity contribution in [3.63, 3.8) is 0 Å². The van der Waals surface area contributed by atoms with E-state index in [2.05, 4.69) is 27.9 Å². The van der Waals surface area contributed by atoms with E-state index in [0.717, 1.165) is 24.3 Å². The molecular weight excluding hydrogens is 284 g/mol. The number of thiophene rings is 1. The van der Waals surface area contributed by atoms with Crippen molar-refractivity contribution in [2.45, 2.75) is 6.42 Å². The van der Waals surface area contributed by atoms with Crippen LogP contribution in [0.1, 0.15) is 4.88 Å². The highest BCUT2D eigenvalue weighted by atomic mass is 32.1. The first-order valence-electron chi connectivity index (χ1n) is 6.71. The van der Waals surface area contributed by atoms with E-state index in [-0.39, 0.29) is 5.69 Å². The van der Waals surface area contributed by atoms with E-state index in [1.54, 1.807) is 18.4 Å². The fraction of sp³-hybridized carbons (Fsp3) is 0.200. The van der Waals surface area contributed by atoms with Crippen LogP contribution in [-0.4, -0.2) is 20.9 Å².